The van der Waals surface area contributed by atoms with E-state index in [4.69, 9.17) is 0 Å². The van der Waals surface area contributed by atoms with Gasteiger partial charge in [0.1, 0.15) is 0 Å². The van der Waals surface area contributed by atoms with Crippen LogP contribution in [0.1, 0.15) is 20.7 Å². The van der Waals surface area contributed by atoms with Crippen LogP contribution in [0.15, 0.2) is 45.3 Å². The number of Topliss-reactive ketones (excluding diaryl/α,β-unsaturated/α-hetero) is 2. The minimum atomic E-state index is -0.553. The number of halogens is 2. The molecule has 4 rings (SSSR count). The summed E-state index contributed by atoms with van der Waals surface area (Å²) >= 11 is 6.44. The lowest BCUT2D eigenvalue weighted by Crippen LogP contribution is -2.12. The summed E-state index contributed by atoms with van der Waals surface area (Å²) in [5.74, 6) is -2.04. The number of nitrogens with one attached hydrogen (secondary N) is 2. The second-order valence-electron chi connectivity index (χ2n) is 4.95. The van der Waals surface area contributed by atoms with Crippen molar-refractivity contribution in [2.45, 2.75) is 0 Å². The van der Waals surface area contributed by atoms with Gasteiger partial charge in [0.05, 0.1) is 22.5 Å². The van der Waals surface area contributed by atoms with E-state index in [1.807, 2.05) is 0 Å². The topological polar surface area (TPSA) is 92.3 Å². The molecule has 24 heavy (non-hydrogen) atoms. The van der Waals surface area contributed by atoms with Crippen molar-refractivity contribution in [3.8, 4) is 0 Å². The van der Waals surface area contributed by atoms with Gasteiger partial charge in [-0.1, -0.05) is 31.9 Å². The molecule has 2 N–H and O–H groups in total. The molecule has 0 aliphatic carbocycles. The lowest BCUT2D eigenvalue weighted by Gasteiger charge is -1.95. The van der Waals surface area contributed by atoms with Crippen molar-refractivity contribution in [3.63, 3.8) is 0 Å². The van der Waals surface area contributed by atoms with Crippen molar-refractivity contribution in [1.82, 2.24) is 0 Å². The quantitative estimate of drug-likeness (QED) is 0.601. The van der Waals surface area contributed by atoms with Crippen LogP contribution in [0.5, 0.6) is 0 Å². The molecule has 2 aromatic rings. The summed E-state index contributed by atoms with van der Waals surface area (Å²) in [5.41, 5.74) is 2.06. The number of anilines is 2. The number of fused-ring (bicyclic) bond motifs is 2. The van der Waals surface area contributed by atoms with E-state index < -0.39 is 23.4 Å². The minimum absolute atomic E-state index is 0.439. The molecule has 0 aromatic heterocycles. The van der Waals surface area contributed by atoms with E-state index in [1.165, 1.54) is 0 Å². The highest BCUT2D eigenvalue weighted by Gasteiger charge is 2.28. The first-order valence-electron chi connectivity index (χ1n) is 6.67. The van der Waals surface area contributed by atoms with Gasteiger partial charge in [-0.3, -0.25) is 19.2 Å². The summed E-state index contributed by atoms with van der Waals surface area (Å²) in [6.07, 6.45) is 0. The number of carbonyl (C=O) groups is 4. The summed E-state index contributed by atoms with van der Waals surface area (Å²) in [6.45, 7) is 0. The van der Waals surface area contributed by atoms with Crippen molar-refractivity contribution >= 4 is 66.6 Å². The van der Waals surface area contributed by atoms with Gasteiger partial charge in [-0.05, 0) is 36.4 Å². The molecular formula is C16H8Br2N2O4. The van der Waals surface area contributed by atoms with E-state index in [2.05, 4.69) is 42.5 Å². The maximum atomic E-state index is 11.1. The number of rotatable bonds is 0. The molecule has 0 radical (unpaired) electrons. The molecule has 8 heteroatoms. The summed E-state index contributed by atoms with van der Waals surface area (Å²) in [7, 11) is 0. The fourth-order valence-corrected chi connectivity index (χ4v) is 2.95. The fraction of sp³-hybridized carbons (Fsp3) is 0. The first-order valence-corrected chi connectivity index (χ1v) is 8.26. The van der Waals surface area contributed by atoms with E-state index in [-0.39, 0.29) is 0 Å². The third-order valence-electron chi connectivity index (χ3n) is 3.36. The second kappa shape index (κ2) is 6.29. The maximum Gasteiger partial charge on any atom is 0.296 e. The van der Waals surface area contributed by atoms with Gasteiger partial charge < -0.3 is 10.6 Å². The van der Waals surface area contributed by atoms with E-state index in [9.17, 15) is 19.2 Å². The van der Waals surface area contributed by atoms with Gasteiger partial charge in [0.25, 0.3) is 23.4 Å². The van der Waals surface area contributed by atoms with Gasteiger partial charge in [-0.15, -0.1) is 0 Å². The molecule has 0 unspecified atom stereocenters. The minimum Gasteiger partial charge on any atom is -0.318 e. The highest BCUT2D eigenvalue weighted by Crippen LogP contribution is 2.26. The Hall–Kier alpha value is -2.32. The van der Waals surface area contributed by atoms with E-state index in [1.54, 1.807) is 36.4 Å². The molecule has 2 aliphatic rings. The first kappa shape index (κ1) is 16.5. The Bertz CT molecular complexity index is 849. The van der Waals surface area contributed by atoms with Crippen LogP contribution in [0, 0.1) is 0 Å². The summed E-state index contributed by atoms with van der Waals surface area (Å²) in [4.78, 5) is 44.0. The number of hydrogen-bond donors (Lipinski definition) is 2. The predicted octanol–water partition coefficient (Wildman–Crippen LogP) is 3.17. The lowest BCUT2D eigenvalue weighted by molar-refractivity contribution is -0.112. The highest BCUT2D eigenvalue weighted by atomic mass is 79.9. The van der Waals surface area contributed by atoms with Crippen molar-refractivity contribution in [2.75, 3.05) is 10.6 Å². The molecule has 6 nitrogen and oxygen atoms in total. The largest absolute Gasteiger partial charge is 0.318 e. The molecule has 2 aromatic carbocycles. The summed E-state index contributed by atoms with van der Waals surface area (Å²) in [5, 5.41) is 4.93. The van der Waals surface area contributed by atoms with Gasteiger partial charge in [0.2, 0.25) is 0 Å². The number of benzene rings is 2. The van der Waals surface area contributed by atoms with Gasteiger partial charge >= 0.3 is 0 Å². The van der Waals surface area contributed by atoms with Gasteiger partial charge in [0, 0.05) is 8.95 Å². The van der Waals surface area contributed by atoms with Crippen molar-refractivity contribution in [3.05, 3.63) is 56.5 Å². The Morgan fingerprint density at radius 1 is 0.625 bits per heavy atom. The highest BCUT2D eigenvalue weighted by molar-refractivity contribution is 9.10. The Labute approximate surface area is 152 Å². The van der Waals surface area contributed by atoms with Crippen molar-refractivity contribution < 1.29 is 19.2 Å². The van der Waals surface area contributed by atoms with E-state index in [0.29, 0.717) is 22.5 Å². The van der Waals surface area contributed by atoms with Crippen LogP contribution in [0.25, 0.3) is 0 Å². The molecule has 2 amide bonds. The number of ketones is 2. The molecule has 120 valence electrons. The number of carbonyl (C=O) groups excluding carboxylic acids is 4. The van der Waals surface area contributed by atoms with Crippen molar-refractivity contribution in [2.24, 2.45) is 0 Å². The maximum absolute atomic E-state index is 11.1. The van der Waals surface area contributed by atoms with Gasteiger partial charge in [-0.25, -0.2) is 0 Å². The third-order valence-corrected chi connectivity index (χ3v) is 4.35. The van der Waals surface area contributed by atoms with Gasteiger partial charge in [0.15, 0.2) is 0 Å². The Morgan fingerprint density at radius 2 is 1.00 bits per heavy atom. The Kier molecular flexibility index (Phi) is 4.33. The van der Waals surface area contributed by atoms with Crippen LogP contribution in [-0.2, 0) is 9.59 Å². The number of hydrogen-bond acceptors (Lipinski definition) is 4. The second-order valence-corrected chi connectivity index (χ2v) is 6.78. The SMILES string of the molecule is O=C1Nc2ccc(Br)cc2C1=O.O=C1Nc2ccc(Br)cc2C1=O. The standard InChI is InChI=1S/2C8H4BrNO2/c2*9-4-1-2-6-5(3-4)7(11)8(12)10-6/h2*1-3H,(H,10,11,12). The van der Waals surface area contributed by atoms with Crippen LogP contribution in [0.2, 0.25) is 0 Å². The average Bonchev–Trinajstić information content (AvgIpc) is 2.99. The Balaban J connectivity index is 0.000000141. The smallest absolute Gasteiger partial charge is 0.296 e. The number of amides is 2. The molecule has 0 saturated heterocycles. The average molecular weight is 452 g/mol. The molecule has 0 atom stereocenters. The van der Waals surface area contributed by atoms with Crippen LogP contribution >= 0.6 is 31.9 Å². The van der Waals surface area contributed by atoms with Crippen LogP contribution in [-0.4, -0.2) is 23.4 Å². The molecule has 0 spiro atoms. The van der Waals surface area contributed by atoms with Crippen LogP contribution in [0.3, 0.4) is 0 Å². The lowest BCUT2D eigenvalue weighted by atomic mass is 10.1. The van der Waals surface area contributed by atoms with Gasteiger partial charge in [-0.2, -0.15) is 0 Å². The zero-order valence-corrected chi connectivity index (χ0v) is 15.0. The molecule has 2 heterocycles. The van der Waals surface area contributed by atoms with Crippen molar-refractivity contribution in [1.29, 1.82) is 0 Å². The summed E-state index contributed by atoms with van der Waals surface area (Å²) < 4.78 is 1.59. The third kappa shape index (κ3) is 3.02. The molecule has 0 saturated carbocycles. The van der Waals surface area contributed by atoms with Crippen LogP contribution in [0.4, 0.5) is 11.4 Å². The zero-order valence-electron chi connectivity index (χ0n) is 11.9. The zero-order chi connectivity index (χ0) is 17.4. The fourth-order valence-electron chi connectivity index (χ4n) is 2.23. The predicted molar refractivity (Wildman–Crippen MR) is 94.2 cm³/mol. The van der Waals surface area contributed by atoms with E-state index >= 15 is 0 Å². The molecule has 0 fully saturated rings. The van der Waals surface area contributed by atoms with E-state index in [0.717, 1.165) is 8.95 Å². The molecular weight excluding hydrogens is 444 g/mol. The normalized spacial score (nSPS) is 14.4. The molecule has 0 bridgehead atoms. The monoisotopic (exact) mass is 450 g/mol. The van der Waals surface area contributed by atoms with Crippen LogP contribution < -0.4 is 10.6 Å². The Morgan fingerprint density at radius 3 is 1.38 bits per heavy atom. The molecule has 2 aliphatic heterocycles. The first-order chi connectivity index (χ1) is 11.4. The summed E-state index contributed by atoms with van der Waals surface area (Å²) in [6, 6.07) is 10.2.